The number of benzene rings is 5. The molecular formula is C53H69N3O2S. The van der Waals surface area contributed by atoms with Crippen molar-refractivity contribution in [3.63, 3.8) is 0 Å². The molecule has 0 saturated carbocycles. The number of hydrogen-bond donors (Lipinski definition) is 0. The van der Waals surface area contributed by atoms with Gasteiger partial charge in [0.15, 0.2) is 11.5 Å². The smallest absolute Gasteiger partial charge is 0.161 e. The highest BCUT2D eigenvalue weighted by molar-refractivity contribution is 7.16. The van der Waals surface area contributed by atoms with Crippen LogP contribution in [0.1, 0.15) is 93.2 Å². The maximum atomic E-state index is 5.30. The van der Waals surface area contributed by atoms with Gasteiger partial charge in [0, 0.05) is 23.2 Å². The Bertz CT molecular complexity index is 1850. The summed E-state index contributed by atoms with van der Waals surface area (Å²) in [7, 11) is 0. The monoisotopic (exact) mass is 812 g/mol. The van der Waals surface area contributed by atoms with Crippen LogP contribution in [0.5, 0.6) is 11.5 Å². The van der Waals surface area contributed by atoms with Gasteiger partial charge in [-0.1, -0.05) is 166 Å². The third kappa shape index (κ3) is 19.1. The molecule has 0 N–H and O–H groups in total. The Morgan fingerprint density at radius 1 is 0.390 bits per heavy atom. The molecule has 2 aliphatic rings. The summed E-state index contributed by atoms with van der Waals surface area (Å²) < 4.78 is 11.9. The Labute approximate surface area is 360 Å². The lowest BCUT2D eigenvalue weighted by atomic mass is 9.92. The molecule has 8 aromatic rings. The van der Waals surface area contributed by atoms with Gasteiger partial charge in [-0.25, -0.2) is 4.98 Å². The lowest BCUT2D eigenvalue weighted by Gasteiger charge is -2.17. The predicted molar refractivity (Wildman–Crippen MR) is 260 cm³/mol. The second-order valence-corrected chi connectivity index (χ2v) is 12.2. The lowest BCUT2D eigenvalue weighted by Crippen LogP contribution is -2.14. The Hall–Kier alpha value is -5.59. The minimum Gasteiger partial charge on any atom is -0.486 e. The molecule has 1 aliphatic carbocycles. The fourth-order valence-electron chi connectivity index (χ4n) is 5.50. The fourth-order valence-corrected chi connectivity index (χ4v) is 6.18. The minimum absolute atomic E-state index is 0.664. The maximum Gasteiger partial charge on any atom is 0.161 e. The summed E-state index contributed by atoms with van der Waals surface area (Å²) in [6.45, 7) is 21.3. The van der Waals surface area contributed by atoms with E-state index in [2.05, 4.69) is 69.5 Å². The van der Waals surface area contributed by atoms with Gasteiger partial charge in [-0.15, -0.1) is 11.3 Å². The van der Waals surface area contributed by atoms with Crippen LogP contribution in [0, 0.1) is 0 Å². The molecule has 314 valence electrons. The number of rotatable bonds is 0. The molecule has 0 amide bonds. The standard InChI is InChI=1S/C10H12.2C9H7N.C8H8O2.C7H5NS.5C2H6/c1-2-6-10-8-4-3-7-9(10)5-1;2*1-2-6-9-8(4-1)5-3-7-10-9;1-2-4-8-7(3-1)9-5-6-10-8;1-2-4-7-6(3-1)8-5-9-7;5*1-2/h1-2,5-6H,3-4,7-8H2;2*1-7H;1-4H,5-6H2;1-5H;5*1-2H3. The summed E-state index contributed by atoms with van der Waals surface area (Å²) in [4.78, 5) is 12.5. The number of fused-ring (bicyclic) bond motifs is 5. The van der Waals surface area contributed by atoms with Crippen molar-refractivity contribution in [3.8, 4) is 11.5 Å². The second kappa shape index (κ2) is 34.5. The van der Waals surface area contributed by atoms with Gasteiger partial charge in [-0.3, -0.25) is 9.97 Å². The molecule has 6 heteroatoms. The molecule has 0 radical (unpaired) electrons. The first-order valence-corrected chi connectivity index (χ1v) is 22.5. The highest BCUT2D eigenvalue weighted by Gasteiger charge is 2.08. The number of nitrogens with zero attached hydrogens (tertiary/aromatic N) is 3. The van der Waals surface area contributed by atoms with E-state index < -0.39 is 0 Å². The molecule has 0 unspecified atom stereocenters. The van der Waals surface area contributed by atoms with Crippen LogP contribution >= 0.6 is 11.3 Å². The van der Waals surface area contributed by atoms with E-state index in [1.54, 1.807) is 22.5 Å². The number of aromatic nitrogens is 3. The average Bonchev–Trinajstić information content (AvgIpc) is 3.85. The molecule has 10 rings (SSSR count). The third-order valence-electron chi connectivity index (χ3n) is 7.97. The van der Waals surface area contributed by atoms with Crippen molar-refractivity contribution in [2.24, 2.45) is 0 Å². The first-order valence-electron chi connectivity index (χ1n) is 21.6. The fraction of sp³-hybridized carbons (Fsp3) is 0.302. The van der Waals surface area contributed by atoms with Gasteiger partial charge in [0.25, 0.3) is 0 Å². The van der Waals surface area contributed by atoms with Crippen molar-refractivity contribution < 1.29 is 9.47 Å². The number of ether oxygens (including phenoxy) is 2. The lowest BCUT2D eigenvalue weighted by molar-refractivity contribution is 0.171. The number of hydrogen-bond acceptors (Lipinski definition) is 6. The van der Waals surface area contributed by atoms with Gasteiger partial charge >= 0.3 is 0 Å². The van der Waals surface area contributed by atoms with Gasteiger partial charge in [-0.05, 0) is 85.3 Å². The Morgan fingerprint density at radius 2 is 0.763 bits per heavy atom. The predicted octanol–water partition coefficient (Wildman–Crippen LogP) is 15.9. The molecule has 0 atom stereocenters. The summed E-state index contributed by atoms with van der Waals surface area (Å²) in [5.74, 6) is 1.71. The first-order chi connectivity index (χ1) is 29.3. The number of pyridine rings is 2. The summed E-state index contributed by atoms with van der Waals surface area (Å²) in [5, 5.41) is 2.40. The molecule has 0 bridgehead atoms. The van der Waals surface area contributed by atoms with Crippen LogP contribution in [0.25, 0.3) is 32.0 Å². The minimum atomic E-state index is 0.664. The topological polar surface area (TPSA) is 57.1 Å². The molecule has 0 saturated heterocycles. The summed E-state index contributed by atoms with van der Waals surface area (Å²) >= 11 is 1.68. The molecule has 5 aromatic carbocycles. The van der Waals surface area contributed by atoms with Gasteiger partial charge in [0.05, 0.1) is 26.8 Å². The van der Waals surface area contributed by atoms with Crippen molar-refractivity contribution in [1.29, 1.82) is 0 Å². The van der Waals surface area contributed by atoms with Crippen LogP contribution in [0.15, 0.2) is 163 Å². The third-order valence-corrected chi connectivity index (χ3v) is 8.78. The molecule has 0 fully saturated rings. The van der Waals surface area contributed by atoms with E-state index in [4.69, 9.17) is 9.47 Å². The summed E-state index contributed by atoms with van der Waals surface area (Å²) in [6.07, 6.45) is 8.99. The van der Waals surface area contributed by atoms with Crippen LogP contribution < -0.4 is 9.47 Å². The van der Waals surface area contributed by atoms with E-state index >= 15 is 0 Å². The molecule has 0 spiro atoms. The average molecular weight is 812 g/mol. The van der Waals surface area contributed by atoms with Crippen molar-refractivity contribution in [2.45, 2.75) is 94.9 Å². The van der Waals surface area contributed by atoms with E-state index in [0.717, 1.165) is 28.0 Å². The summed E-state index contributed by atoms with van der Waals surface area (Å²) in [5.41, 5.74) is 8.24. The highest BCUT2D eigenvalue weighted by Crippen LogP contribution is 2.28. The van der Waals surface area contributed by atoms with Crippen molar-refractivity contribution in [1.82, 2.24) is 15.0 Å². The number of thiazole rings is 1. The van der Waals surface area contributed by atoms with E-state index in [1.807, 2.05) is 178 Å². The molecule has 59 heavy (non-hydrogen) atoms. The van der Waals surface area contributed by atoms with Gasteiger partial charge in [0.2, 0.25) is 0 Å². The van der Waals surface area contributed by atoms with E-state index in [1.165, 1.54) is 41.2 Å². The SMILES string of the molecule is CC.CC.CC.CC.CC.c1ccc2c(c1)CCCC2.c1ccc2c(c1)OCCO2.c1ccc2ncccc2c1.c1ccc2ncccc2c1.c1ccc2scnc2c1. The zero-order valence-electron chi connectivity index (χ0n) is 37.4. The van der Waals surface area contributed by atoms with Crippen molar-refractivity contribution in [2.75, 3.05) is 13.2 Å². The largest absolute Gasteiger partial charge is 0.486 e. The van der Waals surface area contributed by atoms with E-state index in [0.29, 0.717) is 13.2 Å². The van der Waals surface area contributed by atoms with E-state index in [-0.39, 0.29) is 0 Å². The Kier molecular flexibility index (Phi) is 30.0. The van der Waals surface area contributed by atoms with Crippen molar-refractivity contribution >= 4 is 43.4 Å². The Balaban J connectivity index is 0.000000350. The molecule has 3 aromatic heterocycles. The molecule has 1 aliphatic heterocycles. The zero-order valence-corrected chi connectivity index (χ0v) is 38.2. The second-order valence-electron chi connectivity index (χ2n) is 11.3. The van der Waals surface area contributed by atoms with Crippen LogP contribution in [0.4, 0.5) is 0 Å². The summed E-state index contributed by atoms with van der Waals surface area (Å²) in [6, 6.07) is 48.8. The molecule has 4 heterocycles. The van der Waals surface area contributed by atoms with Crippen molar-refractivity contribution in [3.05, 3.63) is 175 Å². The number of para-hydroxylation sites is 5. The van der Waals surface area contributed by atoms with Gasteiger partial charge < -0.3 is 9.47 Å². The van der Waals surface area contributed by atoms with Gasteiger partial charge in [0.1, 0.15) is 13.2 Å². The van der Waals surface area contributed by atoms with Crippen LogP contribution in [0.2, 0.25) is 0 Å². The number of aryl methyl sites for hydroxylation is 2. The van der Waals surface area contributed by atoms with Crippen LogP contribution in [-0.2, 0) is 12.8 Å². The first kappa shape index (κ1) is 51.4. The molecular weight excluding hydrogens is 743 g/mol. The molecule has 5 nitrogen and oxygen atoms in total. The van der Waals surface area contributed by atoms with Crippen LogP contribution in [-0.4, -0.2) is 28.2 Å². The van der Waals surface area contributed by atoms with Gasteiger partial charge in [-0.2, -0.15) is 0 Å². The normalized spacial score (nSPS) is 10.7. The quantitative estimate of drug-likeness (QED) is 0.153. The maximum absolute atomic E-state index is 5.30. The highest BCUT2D eigenvalue weighted by atomic mass is 32.1. The zero-order chi connectivity index (χ0) is 43.4. The van der Waals surface area contributed by atoms with E-state index in [9.17, 15) is 0 Å². The van der Waals surface area contributed by atoms with Crippen LogP contribution in [0.3, 0.4) is 0 Å². The Morgan fingerprint density at radius 3 is 1.20 bits per heavy atom.